The number of nitrogens with zero attached hydrogens (tertiary/aromatic N) is 1. The Balaban J connectivity index is 1.56. The van der Waals surface area contributed by atoms with Crippen LogP contribution in [0.2, 0.25) is 0 Å². The third-order valence-electron chi connectivity index (χ3n) is 3.42. The first-order valence-electron chi connectivity index (χ1n) is 6.57. The van der Waals surface area contributed by atoms with Crippen LogP contribution in [0.4, 0.5) is 0 Å². The second-order valence-corrected chi connectivity index (χ2v) is 4.80. The van der Waals surface area contributed by atoms with Gasteiger partial charge < -0.3 is 9.57 Å². The SMILES string of the molecule is O=C1C(C=NOCc2ccccc2)C=CC2=COCC12. The molecule has 2 unspecified atom stereocenters. The molecule has 4 heteroatoms. The number of allylic oxidation sites excluding steroid dienone is 2. The fourth-order valence-corrected chi connectivity index (χ4v) is 2.28. The van der Waals surface area contributed by atoms with E-state index in [9.17, 15) is 4.79 Å². The molecule has 4 nitrogen and oxygen atoms in total. The van der Waals surface area contributed by atoms with Crippen molar-refractivity contribution in [1.29, 1.82) is 0 Å². The van der Waals surface area contributed by atoms with E-state index in [0.29, 0.717) is 13.2 Å². The van der Waals surface area contributed by atoms with Crippen molar-refractivity contribution in [2.75, 3.05) is 6.61 Å². The van der Waals surface area contributed by atoms with Crippen molar-refractivity contribution in [3.05, 3.63) is 59.9 Å². The maximum atomic E-state index is 12.2. The zero-order valence-electron chi connectivity index (χ0n) is 10.9. The van der Waals surface area contributed by atoms with Crippen LogP contribution < -0.4 is 0 Å². The summed E-state index contributed by atoms with van der Waals surface area (Å²) in [6.07, 6.45) is 6.96. The lowest BCUT2D eigenvalue weighted by Crippen LogP contribution is -2.28. The Kier molecular flexibility index (Phi) is 3.63. The van der Waals surface area contributed by atoms with E-state index in [1.165, 1.54) is 0 Å². The third-order valence-corrected chi connectivity index (χ3v) is 3.42. The third kappa shape index (κ3) is 2.64. The molecule has 0 bridgehead atoms. The van der Waals surface area contributed by atoms with Gasteiger partial charge in [0.1, 0.15) is 13.2 Å². The summed E-state index contributed by atoms with van der Waals surface area (Å²) in [5.74, 6) is -0.358. The number of carbonyl (C=O) groups is 1. The maximum Gasteiger partial charge on any atom is 0.156 e. The zero-order valence-corrected chi connectivity index (χ0v) is 10.9. The van der Waals surface area contributed by atoms with Crippen LogP contribution in [0.15, 0.2) is 59.5 Å². The van der Waals surface area contributed by atoms with E-state index in [1.807, 2.05) is 42.5 Å². The highest BCUT2D eigenvalue weighted by molar-refractivity contribution is 6.01. The molecule has 1 aliphatic heterocycles. The number of benzene rings is 1. The van der Waals surface area contributed by atoms with Crippen molar-refractivity contribution in [2.45, 2.75) is 6.61 Å². The largest absolute Gasteiger partial charge is 0.500 e. The number of ketones is 1. The van der Waals surface area contributed by atoms with Gasteiger partial charge in [-0.15, -0.1) is 0 Å². The summed E-state index contributed by atoms with van der Waals surface area (Å²) in [4.78, 5) is 17.4. The minimum absolute atomic E-state index is 0.114. The molecule has 1 heterocycles. The van der Waals surface area contributed by atoms with E-state index in [0.717, 1.165) is 11.1 Å². The van der Waals surface area contributed by atoms with Crippen LogP contribution >= 0.6 is 0 Å². The first-order valence-corrected chi connectivity index (χ1v) is 6.57. The normalized spacial score (nSPS) is 24.4. The Morgan fingerprint density at radius 3 is 3.05 bits per heavy atom. The van der Waals surface area contributed by atoms with Crippen LogP contribution in [0.1, 0.15) is 5.56 Å². The maximum absolute atomic E-state index is 12.2. The monoisotopic (exact) mass is 269 g/mol. The number of hydrogen-bond donors (Lipinski definition) is 0. The van der Waals surface area contributed by atoms with Crippen molar-refractivity contribution in [1.82, 2.24) is 0 Å². The predicted molar refractivity (Wildman–Crippen MR) is 74.9 cm³/mol. The number of fused-ring (bicyclic) bond motifs is 1. The van der Waals surface area contributed by atoms with Crippen LogP contribution in [-0.4, -0.2) is 18.6 Å². The summed E-state index contributed by atoms with van der Waals surface area (Å²) in [6.45, 7) is 0.841. The topological polar surface area (TPSA) is 47.9 Å². The van der Waals surface area contributed by atoms with Gasteiger partial charge in [0.25, 0.3) is 0 Å². The van der Waals surface area contributed by atoms with E-state index in [1.54, 1.807) is 12.5 Å². The summed E-state index contributed by atoms with van der Waals surface area (Å²) in [5, 5.41) is 3.90. The Bertz CT molecular complexity index is 575. The minimum Gasteiger partial charge on any atom is -0.500 e. The molecule has 0 aromatic heterocycles. The van der Waals surface area contributed by atoms with E-state index in [2.05, 4.69) is 5.16 Å². The molecule has 0 radical (unpaired) electrons. The van der Waals surface area contributed by atoms with Crippen molar-refractivity contribution in [3.63, 3.8) is 0 Å². The van der Waals surface area contributed by atoms with Crippen molar-refractivity contribution >= 4 is 12.0 Å². The molecular formula is C16H15NO3. The van der Waals surface area contributed by atoms with Gasteiger partial charge in [0.15, 0.2) is 5.78 Å². The van der Waals surface area contributed by atoms with Crippen molar-refractivity contribution in [2.24, 2.45) is 17.0 Å². The lowest BCUT2D eigenvalue weighted by Gasteiger charge is -2.17. The standard InChI is InChI=1S/C16H15NO3/c18-16-13(6-7-14-10-19-11-15(14)16)8-17-20-9-12-4-2-1-3-5-12/h1-8,10,13,15H,9,11H2. The minimum atomic E-state index is -0.324. The zero-order chi connectivity index (χ0) is 13.8. The number of hydrogen-bond acceptors (Lipinski definition) is 4. The van der Waals surface area contributed by atoms with E-state index in [4.69, 9.17) is 9.57 Å². The molecule has 0 fully saturated rings. The summed E-state index contributed by atoms with van der Waals surface area (Å²) in [5.41, 5.74) is 1.99. The average Bonchev–Trinajstić information content (AvgIpc) is 2.96. The summed E-state index contributed by atoms with van der Waals surface area (Å²) in [7, 11) is 0. The highest BCUT2D eigenvalue weighted by Crippen LogP contribution is 2.28. The molecule has 0 amide bonds. The van der Waals surface area contributed by atoms with E-state index < -0.39 is 0 Å². The molecule has 1 aliphatic carbocycles. The highest BCUT2D eigenvalue weighted by atomic mass is 16.6. The van der Waals surface area contributed by atoms with E-state index in [-0.39, 0.29) is 17.6 Å². The highest BCUT2D eigenvalue weighted by Gasteiger charge is 2.33. The van der Waals surface area contributed by atoms with Crippen LogP contribution in [0.5, 0.6) is 0 Å². The molecule has 0 spiro atoms. The van der Waals surface area contributed by atoms with Gasteiger partial charge in [-0.05, 0) is 5.56 Å². The smallest absolute Gasteiger partial charge is 0.156 e. The molecule has 0 saturated carbocycles. The second-order valence-electron chi connectivity index (χ2n) is 4.80. The molecule has 3 rings (SSSR count). The predicted octanol–water partition coefficient (Wildman–Crippen LogP) is 2.47. The summed E-state index contributed by atoms with van der Waals surface area (Å²) in [6, 6.07) is 9.78. The van der Waals surface area contributed by atoms with Gasteiger partial charge in [0.2, 0.25) is 0 Å². The fourth-order valence-electron chi connectivity index (χ4n) is 2.28. The fraction of sp³-hybridized carbons (Fsp3) is 0.250. The lowest BCUT2D eigenvalue weighted by atomic mass is 9.84. The molecule has 20 heavy (non-hydrogen) atoms. The molecule has 1 aromatic carbocycles. The number of carbonyl (C=O) groups excluding carboxylic acids is 1. The number of Topliss-reactive ketones (excluding diaryl/α,β-unsaturated/α-hetero) is 1. The second kappa shape index (κ2) is 5.74. The lowest BCUT2D eigenvalue weighted by molar-refractivity contribution is -0.123. The van der Waals surface area contributed by atoms with Gasteiger partial charge in [-0.1, -0.05) is 47.6 Å². The number of rotatable bonds is 4. The first-order chi connectivity index (χ1) is 9.84. The molecule has 1 aromatic rings. The van der Waals surface area contributed by atoms with E-state index >= 15 is 0 Å². The molecule has 2 aliphatic rings. The quantitative estimate of drug-likeness (QED) is 0.623. The van der Waals surface area contributed by atoms with Gasteiger partial charge in [-0.2, -0.15) is 0 Å². The average molecular weight is 269 g/mol. The Hall–Kier alpha value is -2.36. The summed E-state index contributed by atoms with van der Waals surface area (Å²) < 4.78 is 5.18. The Morgan fingerprint density at radius 1 is 1.35 bits per heavy atom. The van der Waals surface area contributed by atoms with Crippen LogP contribution in [0.25, 0.3) is 0 Å². The van der Waals surface area contributed by atoms with Gasteiger partial charge >= 0.3 is 0 Å². The number of ether oxygens (including phenoxy) is 1. The van der Waals surface area contributed by atoms with Gasteiger partial charge in [0.05, 0.1) is 24.3 Å². The van der Waals surface area contributed by atoms with Gasteiger partial charge in [0, 0.05) is 5.57 Å². The van der Waals surface area contributed by atoms with Crippen LogP contribution in [0, 0.1) is 11.8 Å². The molecule has 102 valence electrons. The van der Waals surface area contributed by atoms with Crippen molar-refractivity contribution < 1.29 is 14.4 Å². The number of oxime groups is 1. The summed E-state index contributed by atoms with van der Waals surface area (Å²) >= 11 is 0. The molecule has 0 saturated heterocycles. The molecule has 2 atom stereocenters. The first kappa shape index (κ1) is 12.7. The Labute approximate surface area is 117 Å². The van der Waals surface area contributed by atoms with Gasteiger partial charge in [-0.3, -0.25) is 4.79 Å². The van der Waals surface area contributed by atoms with Crippen LogP contribution in [0.3, 0.4) is 0 Å². The molecule has 0 N–H and O–H groups in total. The van der Waals surface area contributed by atoms with Crippen molar-refractivity contribution in [3.8, 4) is 0 Å². The van der Waals surface area contributed by atoms with Gasteiger partial charge in [-0.25, -0.2) is 0 Å². The Morgan fingerprint density at radius 2 is 2.20 bits per heavy atom. The molecular weight excluding hydrogens is 254 g/mol. The van der Waals surface area contributed by atoms with Crippen LogP contribution in [-0.2, 0) is 21.0 Å².